The summed E-state index contributed by atoms with van der Waals surface area (Å²) in [6.45, 7) is 5.96. The largest absolute Gasteiger partial charge is 0.375 e. The van der Waals surface area contributed by atoms with Gasteiger partial charge in [-0.15, -0.1) is 5.10 Å². The van der Waals surface area contributed by atoms with Crippen LogP contribution in [0.5, 0.6) is 0 Å². The highest BCUT2D eigenvalue weighted by molar-refractivity contribution is 7.10. The summed E-state index contributed by atoms with van der Waals surface area (Å²) in [5.74, 6) is 0. The third-order valence-electron chi connectivity index (χ3n) is 4.29. The summed E-state index contributed by atoms with van der Waals surface area (Å²) in [5.41, 5.74) is 1.11. The Balaban J connectivity index is 1.65. The number of anilines is 1. The van der Waals surface area contributed by atoms with Gasteiger partial charge in [-0.2, -0.15) is 0 Å². The second kappa shape index (κ2) is 6.83. The van der Waals surface area contributed by atoms with Gasteiger partial charge in [-0.3, -0.25) is 4.90 Å². The third-order valence-corrected chi connectivity index (χ3v) is 5.02. The van der Waals surface area contributed by atoms with E-state index >= 15 is 0 Å². The number of hydrogen-bond donors (Lipinski definition) is 1. The molecule has 1 aliphatic carbocycles. The van der Waals surface area contributed by atoms with Crippen molar-refractivity contribution in [2.24, 2.45) is 0 Å². The van der Waals surface area contributed by atoms with Crippen LogP contribution >= 0.6 is 11.5 Å². The number of fused-ring (bicyclic) bond motifs is 1. The summed E-state index contributed by atoms with van der Waals surface area (Å²) >= 11 is 1.48. The summed E-state index contributed by atoms with van der Waals surface area (Å²) in [4.78, 5) is 2.56. The highest BCUT2D eigenvalue weighted by atomic mass is 32.1. The Morgan fingerprint density at radius 1 is 1.40 bits per heavy atom. The average Bonchev–Trinajstić information content (AvgIpc) is 2.93. The Morgan fingerprint density at radius 2 is 2.30 bits per heavy atom. The van der Waals surface area contributed by atoms with E-state index in [2.05, 4.69) is 26.7 Å². The summed E-state index contributed by atoms with van der Waals surface area (Å²) in [5, 5.41) is 8.91. The predicted molar refractivity (Wildman–Crippen MR) is 81.1 cm³/mol. The quantitative estimate of drug-likeness (QED) is 0.905. The molecule has 2 heterocycles. The Hall–Kier alpha value is -0.720. The van der Waals surface area contributed by atoms with E-state index < -0.39 is 0 Å². The fourth-order valence-electron chi connectivity index (χ4n) is 3.25. The Kier molecular flexibility index (Phi) is 4.86. The van der Waals surface area contributed by atoms with Gasteiger partial charge in [0, 0.05) is 37.2 Å². The van der Waals surface area contributed by atoms with Crippen LogP contribution < -0.4 is 5.32 Å². The molecule has 0 radical (unpaired) electrons. The molecule has 1 saturated heterocycles. The van der Waals surface area contributed by atoms with Crippen LogP contribution in [0.1, 0.15) is 44.7 Å². The van der Waals surface area contributed by atoms with Crippen LogP contribution in [0.3, 0.4) is 0 Å². The van der Waals surface area contributed by atoms with E-state index in [-0.39, 0.29) is 0 Å². The summed E-state index contributed by atoms with van der Waals surface area (Å²) in [6.07, 6.45) is 6.70. The van der Waals surface area contributed by atoms with Crippen LogP contribution in [0.25, 0.3) is 0 Å². The minimum absolute atomic E-state index is 0.441. The first-order chi connectivity index (χ1) is 9.88. The third kappa shape index (κ3) is 3.13. The molecule has 112 valence electrons. The van der Waals surface area contributed by atoms with Gasteiger partial charge in [-0.1, -0.05) is 24.3 Å². The minimum Gasteiger partial charge on any atom is -0.375 e. The topological polar surface area (TPSA) is 50.3 Å². The van der Waals surface area contributed by atoms with Gasteiger partial charge < -0.3 is 10.1 Å². The number of nitrogens with one attached hydrogen (secondary N) is 1. The molecule has 0 aromatic carbocycles. The van der Waals surface area contributed by atoms with Crippen molar-refractivity contribution >= 4 is 16.5 Å². The number of morpholine rings is 1. The fraction of sp³-hybridized carbons (Fsp3) is 0.857. The summed E-state index contributed by atoms with van der Waals surface area (Å²) in [6, 6.07) is 0.582. The SMILES string of the molecule is CCCNc1snnc1CN1CCOC2CCCCC21. The van der Waals surface area contributed by atoms with Crippen molar-refractivity contribution in [1.82, 2.24) is 14.5 Å². The molecular formula is C14H24N4OS. The van der Waals surface area contributed by atoms with Crippen LogP contribution in [0.15, 0.2) is 0 Å². The number of ether oxygens (including phenoxy) is 1. The zero-order valence-electron chi connectivity index (χ0n) is 12.2. The maximum atomic E-state index is 5.94. The van der Waals surface area contributed by atoms with Gasteiger partial charge in [0.05, 0.1) is 12.7 Å². The van der Waals surface area contributed by atoms with Gasteiger partial charge in [-0.25, -0.2) is 0 Å². The molecule has 1 N–H and O–H groups in total. The molecule has 2 unspecified atom stereocenters. The van der Waals surface area contributed by atoms with E-state index in [4.69, 9.17) is 4.74 Å². The molecular weight excluding hydrogens is 272 g/mol. The standard InChI is InChI=1S/C14H24N4OS/c1-2-7-15-14-11(16-17-20-14)10-18-8-9-19-13-6-4-3-5-12(13)18/h12-13,15H,2-10H2,1H3. The lowest BCUT2D eigenvalue weighted by molar-refractivity contribution is -0.0913. The van der Waals surface area contributed by atoms with Crippen molar-refractivity contribution in [1.29, 1.82) is 0 Å². The van der Waals surface area contributed by atoms with Crippen molar-refractivity contribution < 1.29 is 4.74 Å². The molecule has 0 amide bonds. The maximum Gasteiger partial charge on any atom is 0.134 e. The smallest absolute Gasteiger partial charge is 0.134 e. The van der Waals surface area contributed by atoms with E-state index in [1.807, 2.05) is 0 Å². The molecule has 0 spiro atoms. The van der Waals surface area contributed by atoms with Gasteiger partial charge in [0.1, 0.15) is 10.7 Å². The Bertz CT molecular complexity index is 423. The van der Waals surface area contributed by atoms with Crippen LogP contribution in [-0.4, -0.2) is 46.3 Å². The number of hydrogen-bond acceptors (Lipinski definition) is 6. The molecule has 1 aromatic rings. The predicted octanol–water partition coefficient (Wildman–Crippen LogP) is 2.50. The molecule has 2 atom stereocenters. The lowest BCUT2D eigenvalue weighted by atomic mass is 9.90. The van der Waals surface area contributed by atoms with Gasteiger partial charge >= 0.3 is 0 Å². The highest BCUT2D eigenvalue weighted by Gasteiger charge is 2.34. The van der Waals surface area contributed by atoms with E-state index in [9.17, 15) is 0 Å². The van der Waals surface area contributed by atoms with E-state index in [0.717, 1.165) is 43.4 Å². The molecule has 6 heteroatoms. The van der Waals surface area contributed by atoms with E-state index in [0.29, 0.717) is 12.1 Å². The van der Waals surface area contributed by atoms with Crippen molar-refractivity contribution in [3.63, 3.8) is 0 Å². The lowest BCUT2D eigenvalue weighted by Crippen LogP contribution is -2.52. The van der Waals surface area contributed by atoms with Crippen molar-refractivity contribution in [3.8, 4) is 0 Å². The zero-order valence-corrected chi connectivity index (χ0v) is 13.0. The molecule has 2 aliphatic rings. The summed E-state index contributed by atoms with van der Waals surface area (Å²) in [7, 11) is 0. The monoisotopic (exact) mass is 296 g/mol. The number of nitrogens with zero attached hydrogens (tertiary/aromatic N) is 3. The van der Waals surface area contributed by atoms with Crippen molar-refractivity contribution in [3.05, 3.63) is 5.69 Å². The molecule has 1 aromatic heterocycles. The number of aromatic nitrogens is 2. The molecule has 2 fully saturated rings. The van der Waals surface area contributed by atoms with Crippen molar-refractivity contribution in [2.45, 2.75) is 57.7 Å². The average molecular weight is 296 g/mol. The van der Waals surface area contributed by atoms with E-state index in [1.165, 1.54) is 37.2 Å². The minimum atomic E-state index is 0.441. The van der Waals surface area contributed by atoms with Crippen LogP contribution in [0.4, 0.5) is 5.00 Å². The second-order valence-electron chi connectivity index (χ2n) is 5.71. The first kappa shape index (κ1) is 14.2. The number of rotatable bonds is 5. The van der Waals surface area contributed by atoms with Crippen LogP contribution in [0, 0.1) is 0 Å². The van der Waals surface area contributed by atoms with Crippen LogP contribution in [-0.2, 0) is 11.3 Å². The highest BCUT2D eigenvalue weighted by Crippen LogP contribution is 2.30. The van der Waals surface area contributed by atoms with Gasteiger partial charge in [0.25, 0.3) is 0 Å². The maximum absolute atomic E-state index is 5.94. The zero-order chi connectivity index (χ0) is 13.8. The van der Waals surface area contributed by atoms with Crippen molar-refractivity contribution in [2.75, 3.05) is 25.0 Å². The normalized spacial score (nSPS) is 27.2. The molecule has 1 saturated carbocycles. The fourth-order valence-corrected chi connectivity index (χ4v) is 3.85. The molecule has 3 rings (SSSR count). The molecule has 1 aliphatic heterocycles. The molecule has 0 bridgehead atoms. The second-order valence-corrected chi connectivity index (χ2v) is 6.46. The molecule has 20 heavy (non-hydrogen) atoms. The van der Waals surface area contributed by atoms with Gasteiger partial charge in [0.2, 0.25) is 0 Å². The lowest BCUT2D eigenvalue weighted by Gasteiger charge is -2.43. The van der Waals surface area contributed by atoms with Gasteiger partial charge in [-0.05, 0) is 19.3 Å². The van der Waals surface area contributed by atoms with Gasteiger partial charge in [0.15, 0.2) is 0 Å². The summed E-state index contributed by atoms with van der Waals surface area (Å²) < 4.78 is 10.1. The first-order valence-corrected chi connectivity index (χ1v) is 8.56. The Morgan fingerprint density at radius 3 is 3.20 bits per heavy atom. The molecule has 5 nitrogen and oxygen atoms in total. The Labute approximate surface area is 124 Å². The van der Waals surface area contributed by atoms with Crippen LogP contribution in [0.2, 0.25) is 0 Å². The van der Waals surface area contributed by atoms with E-state index in [1.54, 1.807) is 0 Å². The first-order valence-electron chi connectivity index (χ1n) is 7.79.